The van der Waals surface area contributed by atoms with Crippen LogP contribution in [0.1, 0.15) is 36.7 Å². The van der Waals surface area contributed by atoms with E-state index in [0.29, 0.717) is 0 Å². The smallest absolute Gasteiger partial charge is 0.251 e. The third-order valence-electron chi connectivity index (χ3n) is 2.18. The van der Waals surface area contributed by atoms with Crippen molar-refractivity contribution in [2.45, 2.75) is 27.2 Å². The van der Waals surface area contributed by atoms with Gasteiger partial charge in [-0.15, -0.1) is 0 Å². The van der Waals surface area contributed by atoms with E-state index in [1.807, 2.05) is 24.3 Å². The fourth-order valence-corrected chi connectivity index (χ4v) is 1.53. The van der Waals surface area contributed by atoms with Crippen molar-refractivity contribution in [1.82, 2.24) is 5.32 Å². The van der Waals surface area contributed by atoms with E-state index in [1.54, 1.807) is 7.05 Å². The molecule has 0 aliphatic rings. The number of rotatable bonds is 2. The molecule has 2 nitrogen and oxygen atoms in total. The first-order chi connectivity index (χ1) is 6.92. The van der Waals surface area contributed by atoms with E-state index in [4.69, 9.17) is 0 Å². The minimum absolute atomic E-state index is 0.0303. The molecule has 0 aliphatic heterocycles. The number of amides is 1. The van der Waals surface area contributed by atoms with Gasteiger partial charge in [-0.1, -0.05) is 32.9 Å². The Bertz CT molecular complexity index is 333. The number of hydrogen-bond acceptors (Lipinski definition) is 1. The quantitative estimate of drug-likeness (QED) is 0.790. The van der Waals surface area contributed by atoms with Gasteiger partial charge in [-0.05, 0) is 29.5 Å². The van der Waals surface area contributed by atoms with Crippen molar-refractivity contribution in [2.75, 3.05) is 7.05 Å². The van der Waals surface area contributed by atoms with Crippen LogP contribution in [0.4, 0.5) is 0 Å². The van der Waals surface area contributed by atoms with Crippen molar-refractivity contribution in [3.05, 3.63) is 35.4 Å². The molecular weight excluding hydrogens is 186 g/mol. The van der Waals surface area contributed by atoms with Crippen LogP contribution in [0.15, 0.2) is 24.3 Å². The lowest BCUT2D eigenvalue weighted by Gasteiger charge is -2.18. The summed E-state index contributed by atoms with van der Waals surface area (Å²) in [6.45, 7) is 6.62. The number of nitrogens with one attached hydrogen (secondary N) is 1. The van der Waals surface area contributed by atoms with E-state index in [1.165, 1.54) is 5.56 Å². The Labute approximate surface area is 91.7 Å². The first kappa shape index (κ1) is 11.8. The zero-order chi connectivity index (χ0) is 11.5. The second-order valence-electron chi connectivity index (χ2n) is 5.01. The average Bonchev–Trinajstić information content (AvgIpc) is 2.15. The largest absolute Gasteiger partial charge is 0.355 e. The fraction of sp³-hybridized carbons (Fsp3) is 0.462. The van der Waals surface area contributed by atoms with Gasteiger partial charge in [-0.25, -0.2) is 0 Å². The molecule has 1 rings (SSSR count). The third-order valence-corrected chi connectivity index (χ3v) is 2.18. The summed E-state index contributed by atoms with van der Waals surface area (Å²) >= 11 is 0. The summed E-state index contributed by atoms with van der Waals surface area (Å²) in [7, 11) is 1.64. The topological polar surface area (TPSA) is 29.1 Å². The Kier molecular flexibility index (Phi) is 3.51. The first-order valence-electron chi connectivity index (χ1n) is 5.23. The molecule has 1 aromatic rings. The van der Waals surface area contributed by atoms with Crippen LogP contribution in [-0.2, 0) is 6.42 Å². The first-order valence-corrected chi connectivity index (χ1v) is 5.23. The van der Waals surface area contributed by atoms with Gasteiger partial charge in [0.2, 0.25) is 0 Å². The Balaban J connectivity index is 2.77. The second kappa shape index (κ2) is 4.47. The highest BCUT2D eigenvalue weighted by molar-refractivity contribution is 5.93. The molecule has 0 radical (unpaired) electrons. The van der Waals surface area contributed by atoms with Gasteiger partial charge in [0.05, 0.1) is 0 Å². The Morgan fingerprint density at radius 2 is 1.73 bits per heavy atom. The van der Waals surface area contributed by atoms with Gasteiger partial charge in [0.15, 0.2) is 0 Å². The van der Waals surface area contributed by atoms with Crippen LogP contribution in [-0.4, -0.2) is 13.0 Å². The van der Waals surface area contributed by atoms with E-state index in [2.05, 4.69) is 26.1 Å². The summed E-state index contributed by atoms with van der Waals surface area (Å²) in [5, 5.41) is 2.61. The van der Waals surface area contributed by atoms with Crippen LogP contribution < -0.4 is 5.32 Å². The molecule has 1 aromatic carbocycles. The molecule has 82 valence electrons. The van der Waals surface area contributed by atoms with Crippen LogP contribution in [0, 0.1) is 5.41 Å². The average molecular weight is 205 g/mol. The molecule has 0 heterocycles. The molecule has 1 amide bonds. The summed E-state index contributed by atoms with van der Waals surface area (Å²) in [6.07, 6.45) is 1.03. The number of carbonyl (C=O) groups is 1. The van der Waals surface area contributed by atoms with Gasteiger partial charge in [-0.3, -0.25) is 4.79 Å². The maximum Gasteiger partial charge on any atom is 0.251 e. The van der Waals surface area contributed by atoms with E-state index < -0.39 is 0 Å². The van der Waals surface area contributed by atoms with Gasteiger partial charge in [0, 0.05) is 12.6 Å². The SMILES string of the molecule is CNC(=O)c1ccc(CC(C)(C)C)cc1. The van der Waals surface area contributed by atoms with Crippen molar-refractivity contribution in [3.63, 3.8) is 0 Å². The minimum Gasteiger partial charge on any atom is -0.355 e. The molecule has 2 heteroatoms. The molecule has 0 saturated heterocycles. The van der Waals surface area contributed by atoms with Crippen molar-refractivity contribution in [2.24, 2.45) is 5.41 Å². The summed E-state index contributed by atoms with van der Waals surface area (Å²) in [4.78, 5) is 11.3. The molecule has 0 spiro atoms. The number of hydrogen-bond donors (Lipinski definition) is 1. The van der Waals surface area contributed by atoms with Gasteiger partial charge < -0.3 is 5.32 Å². The maximum absolute atomic E-state index is 11.3. The van der Waals surface area contributed by atoms with Crippen LogP contribution in [0.5, 0.6) is 0 Å². The summed E-state index contributed by atoms with van der Waals surface area (Å²) < 4.78 is 0. The molecule has 0 atom stereocenters. The second-order valence-corrected chi connectivity index (χ2v) is 5.01. The summed E-state index contributed by atoms with van der Waals surface area (Å²) in [5.41, 5.74) is 2.28. The zero-order valence-corrected chi connectivity index (χ0v) is 9.92. The van der Waals surface area contributed by atoms with E-state index in [-0.39, 0.29) is 11.3 Å². The molecule has 1 N–H and O–H groups in total. The van der Waals surface area contributed by atoms with Gasteiger partial charge in [0.25, 0.3) is 5.91 Å². The maximum atomic E-state index is 11.3. The highest BCUT2D eigenvalue weighted by Crippen LogP contribution is 2.20. The molecule has 0 fully saturated rings. The lowest BCUT2D eigenvalue weighted by atomic mass is 9.88. The number of carbonyl (C=O) groups excluding carboxylic acids is 1. The monoisotopic (exact) mass is 205 g/mol. The van der Waals surface area contributed by atoms with Crippen LogP contribution >= 0.6 is 0 Å². The van der Waals surface area contributed by atoms with Crippen molar-refractivity contribution in [1.29, 1.82) is 0 Å². The minimum atomic E-state index is -0.0303. The van der Waals surface area contributed by atoms with E-state index >= 15 is 0 Å². The van der Waals surface area contributed by atoms with Crippen molar-refractivity contribution in [3.8, 4) is 0 Å². The van der Waals surface area contributed by atoms with Crippen molar-refractivity contribution >= 4 is 5.91 Å². The lowest BCUT2D eigenvalue weighted by Crippen LogP contribution is -2.17. The molecule has 0 aliphatic carbocycles. The zero-order valence-electron chi connectivity index (χ0n) is 9.92. The highest BCUT2D eigenvalue weighted by atomic mass is 16.1. The third kappa shape index (κ3) is 3.74. The van der Waals surface area contributed by atoms with Crippen LogP contribution in [0.2, 0.25) is 0 Å². The van der Waals surface area contributed by atoms with Gasteiger partial charge in [0.1, 0.15) is 0 Å². The normalized spacial score (nSPS) is 11.2. The summed E-state index contributed by atoms with van der Waals surface area (Å²) in [5.74, 6) is -0.0303. The predicted octanol–water partition coefficient (Wildman–Crippen LogP) is 2.63. The Morgan fingerprint density at radius 1 is 1.20 bits per heavy atom. The molecule has 0 aromatic heterocycles. The van der Waals surface area contributed by atoms with E-state index in [0.717, 1.165) is 12.0 Å². The van der Waals surface area contributed by atoms with Crippen LogP contribution in [0.25, 0.3) is 0 Å². The number of benzene rings is 1. The standard InChI is InChI=1S/C13H19NO/c1-13(2,3)9-10-5-7-11(8-6-10)12(15)14-4/h5-8H,9H2,1-4H3,(H,14,15). The van der Waals surface area contributed by atoms with Gasteiger partial charge in [-0.2, -0.15) is 0 Å². The lowest BCUT2D eigenvalue weighted by molar-refractivity contribution is 0.0963. The Hall–Kier alpha value is -1.31. The fourth-order valence-electron chi connectivity index (χ4n) is 1.53. The molecular formula is C13H19NO. The van der Waals surface area contributed by atoms with Crippen LogP contribution in [0.3, 0.4) is 0 Å². The molecule has 0 saturated carbocycles. The van der Waals surface area contributed by atoms with Crippen molar-refractivity contribution < 1.29 is 4.79 Å². The summed E-state index contributed by atoms with van der Waals surface area (Å²) in [6, 6.07) is 7.80. The predicted molar refractivity (Wildman–Crippen MR) is 63.0 cm³/mol. The molecule has 0 bridgehead atoms. The van der Waals surface area contributed by atoms with Gasteiger partial charge >= 0.3 is 0 Å². The molecule has 0 unspecified atom stereocenters. The van der Waals surface area contributed by atoms with E-state index in [9.17, 15) is 4.79 Å². The highest BCUT2D eigenvalue weighted by Gasteiger charge is 2.11. The molecule has 15 heavy (non-hydrogen) atoms. The Morgan fingerprint density at radius 3 is 2.13 bits per heavy atom.